The van der Waals surface area contributed by atoms with Crippen LogP contribution in [0.5, 0.6) is 5.75 Å². The van der Waals surface area contributed by atoms with Gasteiger partial charge in [-0.2, -0.15) is 0 Å². The number of hydrogen-bond donors (Lipinski definition) is 1. The average molecular weight is 290 g/mol. The van der Waals surface area contributed by atoms with E-state index in [1.807, 2.05) is 19.1 Å². The van der Waals surface area contributed by atoms with Crippen molar-refractivity contribution in [3.8, 4) is 5.75 Å². The first-order valence-electron chi connectivity index (χ1n) is 6.90. The van der Waals surface area contributed by atoms with Gasteiger partial charge in [0.2, 0.25) is 0 Å². The van der Waals surface area contributed by atoms with Crippen LogP contribution >= 0.6 is 11.3 Å². The molecule has 0 aliphatic rings. The van der Waals surface area contributed by atoms with Crippen molar-refractivity contribution < 1.29 is 4.74 Å². The summed E-state index contributed by atoms with van der Waals surface area (Å²) in [5, 5.41) is 3.22. The average Bonchev–Trinajstić information content (AvgIpc) is 2.85. The lowest BCUT2D eigenvalue weighted by atomic mass is 10.1. The van der Waals surface area contributed by atoms with E-state index in [1.54, 1.807) is 11.3 Å². The van der Waals surface area contributed by atoms with Crippen LogP contribution in [-0.2, 0) is 6.61 Å². The Bertz CT molecular complexity index is 576. The molecule has 0 amide bonds. The predicted molar refractivity (Wildman–Crippen MR) is 84.3 cm³/mol. The monoisotopic (exact) mass is 290 g/mol. The van der Waals surface area contributed by atoms with Crippen LogP contribution in [0.15, 0.2) is 23.6 Å². The fraction of sp³-hybridized carbons (Fsp3) is 0.438. The maximum atomic E-state index is 5.98. The summed E-state index contributed by atoms with van der Waals surface area (Å²) < 4.78 is 5.92. The largest absolute Gasteiger partial charge is 0.487 e. The lowest BCUT2D eigenvalue weighted by molar-refractivity contribution is 0.297. The molecule has 108 valence electrons. The topological polar surface area (TPSA) is 48.1 Å². The highest BCUT2D eigenvalue weighted by atomic mass is 32.1. The standard InChI is InChI=1S/C16H22N2OS/c1-10(2)16-18-13(9-20-16)8-19-15-7-11(3)5-6-14(15)12(4)17/h5-7,9-10,12H,8,17H2,1-4H3. The Morgan fingerprint density at radius 1 is 1.30 bits per heavy atom. The molecule has 1 aromatic heterocycles. The zero-order chi connectivity index (χ0) is 14.7. The number of nitrogens with zero attached hydrogens (tertiary/aromatic N) is 1. The minimum Gasteiger partial charge on any atom is -0.487 e. The van der Waals surface area contributed by atoms with Gasteiger partial charge in [-0.3, -0.25) is 0 Å². The number of aryl methyl sites for hydroxylation is 1. The minimum absolute atomic E-state index is 0.0349. The van der Waals surface area contributed by atoms with Crippen LogP contribution in [0.1, 0.15) is 54.6 Å². The van der Waals surface area contributed by atoms with E-state index in [0.29, 0.717) is 12.5 Å². The second-order valence-corrected chi connectivity index (χ2v) is 6.34. The summed E-state index contributed by atoms with van der Waals surface area (Å²) in [6, 6.07) is 6.10. The van der Waals surface area contributed by atoms with Gasteiger partial charge in [0.25, 0.3) is 0 Å². The van der Waals surface area contributed by atoms with Crippen molar-refractivity contribution >= 4 is 11.3 Å². The Morgan fingerprint density at radius 2 is 2.05 bits per heavy atom. The maximum absolute atomic E-state index is 5.98. The Balaban J connectivity index is 2.11. The summed E-state index contributed by atoms with van der Waals surface area (Å²) >= 11 is 1.69. The van der Waals surface area contributed by atoms with Crippen molar-refractivity contribution in [2.24, 2.45) is 5.73 Å². The van der Waals surface area contributed by atoms with Crippen LogP contribution in [-0.4, -0.2) is 4.98 Å². The first-order chi connectivity index (χ1) is 9.47. The highest BCUT2D eigenvalue weighted by molar-refractivity contribution is 7.09. The van der Waals surface area contributed by atoms with Gasteiger partial charge in [0.1, 0.15) is 12.4 Å². The Labute approximate surface area is 124 Å². The van der Waals surface area contributed by atoms with Gasteiger partial charge in [-0.05, 0) is 25.5 Å². The van der Waals surface area contributed by atoms with Gasteiger partial charge in [-0.1, -0.05) is 26.0 Å². The number of aromatic nitrogens is 1. The number of nitrogens with two attached hydrogens (primary N) is 1. The van der Waals surface area contributed by atoms with E-state index in [0.717, 1.165) is 22.0 Å². The summed E-state index contributed by atoms with van der Waals surface area (Å²) in [6.45, 7) is 8.82. The number of thiazole rings is 1. The molecule has 2 rings (SSSR count). The molecule has 0 saturated carbocycles. The molecule has 0 aliphatic carbocycles. The summed E-state index contributed by atoms with van der Waals surface area (Å²) in [5.74, 6) is 1.33. The molecule has 2 aromatic rings. The van der Waals surface area contributed by atoms with E-state index >= 15 is 0 Å². The summed E-state index contributed by atoms with van der Waals surface area (Å²) in [7, 11) is 0. The zero-order valence-corrected chi connectivity index (χ0v) is 13.3. The Hall–Kier alpha value is -1.39. The first-order valence-corrected chi connectivity index (χ1v) is 7.78. The molecule has 1 atom stereocenters. The molecule has 2 N–H and O–H groups in total. The van der Waals surface area contributed by atoms with E-state index < -0.39 is 0 Å². The second kappa shape index (κ2) is 6.37. The fourth-order valence-corrected chi connectivity index (χ4v) is 2.77. The van der Waals surface area contributed by atoms with Crippen LogP contribution < -0.4 is 10.5 Å². The third kappa shape index (κ3) is 3.58. The van der Waals surface area contributed by atoms with Crippen LogP contribution in [0.4, 0.5) is 0 Å². The molecule has 0 aliphatic heterocycles. The van der Waals surface area contributed by atoms with Crippen LogP contribution in [0, 0.1) is 6.92 Å². The van der Waals surface area contributed by atoms with Crippen molar-refractivity contribution in [3.05, 3.63) is 45.4 Å². The minimum atomic E-state index is -0.0349. The lowest BCUT2D eigenvalue weighted by Gasteiger charge is -2.14. The van der Waals surface area contributed by atoms with Gasteiger partial charge >= 0.3 is 0 Å². The van der Waals surface area contributed by atoms with Crippen molar-refractivity contribution in [3.63, 3.8) is 0 Å². The number of ether oxygens (including phenoxy) is 1. The molecular weight excluding hydrogens is 268 g/mol. The smallest absolute Gasteiger partial charge is 0.131 e. The molecule has 0 bridgehead atoms. The quantitative estimate of drug-likeness (QED) is 0.899. The van der Waals surface area contributed by atoms with Gasteiger partial charge in [0.15, 0.2) is 0 Å². The van der Waals surface area contributed by atoms with E-state index in [1.165, 1.54) is 5.56 Å². The Morgan fingerprint density at radius 3 is 2.65 bits per heavy atom. The normalized spacial score (nSPS) is 12.7. The van der Waals surface area contributed by atoms with E-state index in [-0.39, 0.29) is 6.04 Å². The molecule has 0 saturated heterocycles. The number of hydrogen-bond acceptors (Lipinski definition) is 4. The third-order valence-electron chi connectivity index (χ3n) is 3.10. The summed E-state index contributed by atoms with van der Waals surface area (Å²) in [6.07, 6.45) is 0. The molecule has 20 heavy (non-hydrogen) atoms. The van der Waals surface area contributed by atoms with Crippen molar-refractivity contribution in [1.82, 2.24) is 4.98 Å². The van der Waals surface area contributed by atoms with Gasteiger partial charge < -0.3 is 10.5 Å². The molecule has 0 spiro atoms. The maximum Gasteiger partial charge on any atom is 0.131 e. The molecule has 0 radical (unpaired) electrons. The summed E-state index contributed by atoms with van der Waals surface area (Å²) in [5.41, 5.74) is 9.17. The molecule has 1 heterocycles. The number of rotatable bonds is 5. The number of benzene rings is 1. The highest BCUT2D eigenvalue weighted by Gasteiger charge is 2.10. The Kier molecular flexibility index (Phi) is 4.78. The van der Waals surface area contributed by atoms with E-state index in [9.17, 15) is 0 Å². The SMILES string of the molecule is Cc1ccc(C(C)N)c(OCc2csc(C(C)C)n2)c1. The van der Waals surface area contributed by atoms with Gasteiger partial charge in [-0.25, -0.2) is 4.98 Å². The van der Waals surface area contributed by atoms with Crippen LogP contribution in [0.2, 0.25) is 0 Å². The van der Waals surface area contributed by atoms with E-state index in [2.05, 4.69) is 37.2 Å². The van der Waals surface area contributed by atoms with Gasteiger partial charge in [0, 0.05) is 22.9 Å². The van der Waals surface area contributed by atoms with Crippen molar-refractivity contribution in [1.29, 1.82) is 0 Å². The summed E-state index contributed by atoms with van der Waals surface area (Å²) in [4.78, 5) is 4.58. The predicted octanol–water partition coefficient (Wildman–Crippen LogP) is 4.17. The molecule has 0 fully saturated rings. The van der Waals surface area contributed by atoms with Gasteiger partial charge in [0.05, 0.1) is 10.7 Å². The van der Waals surface area contributed by atoms with E-state index in [4.69, 9.17) is 10.5 Å². The molecule has 4 heteroatoms. The highest BCUT2D eigenvalue weighted by Crippen LogP contribution is 2.26. The third-order valence-corrected chi connectivity index (χ3v) is 4.29. The van der Waals surface area contributed by atoms with Crippen LogP contribution in [0.25, 0.3) is 0 Å². The molecule has 3 nitrogen and oxygen atoms in total. The second-order valence-electron chi connectivity index (χ2n) is 5.45. The molecule has 1 unspecified atom stereocenters. The zero-order valence-electron chi connectivity index (χ0n) is 12.5. The molecule has 1 aromatic carbocycles. The van der Waals surface area contributed by atoms with Crippen molar-refractivity contribution in [2.75, 3.05) is 0 Å². The fourth-order valence-electron chi connectivity index (χ4n) is 1.95. The van der Waals surface area contributed by atoms with Crippen molar-refractivity contribution in [2.45, 2.75) is 46.3 Å². The first kappa shape index (κ1) is 15.0. The van der Waals surface area contributed by atoms with Crippen LogP contribution in [0.3, 0.4) is 0 Å². The van der Waals surface area contributed by atoms with Gasteiger partial charge in [-0.15, -0.1) is 11.3 Å². The molecular formula is C16H22N2OS. The lowest BCUT2D eigenvalue weighted by Crippen LogP contribution is -2.08.